The number of amides is 1. The van der Waals surface area contributed by atoms with Gasteiger partial charge in [-0.1, -0.05) is 0 Å². The van der Waals surface area contributed by atoms with Crippen LogP contribution in [0.1, 0.15) is 15.9 Å². The first kappa shape index (κ1) is 16.2. The molecule has 0 saturated carbocycles. The van der Waals surface area contributed by atoms with Crippen molar-refractivity contribution in [1.82, 2.24) is 0 Å². The average Bonchev–Trinajstić information content (AvgIpc) is 2.44. The fraction of sp³-hybridized carbons (Fsp3) is 0.188. The van der Waals surface area contributed by atoms with Crippen LogP contribution in [0.15, 0.2) is 47.4 Å². The van der Waals surface area contributed by atoms with Crippen molar-refractivity contribution in [2.75, 3.05) is 18.2 Å². The molecule has 0 unspecified atom stereocenters. The van der Waals surface area contributed by atoms with E-state index in [1.54, 1.807) is 32.2 Å². The van der Waals surface area contributed by atoms with E-state index in [-0.39, 0.29) is 16.4 Å². The highest BCUT2D eigenvalue weighted by Gasteiger charge is 2.15. The van der Waals surface area contributed by atoms with E-state index in [0.29, 0.717) is 11.3 Å². The molecule has 0 atom stereocenters. The zero-order valence-corrected chi connectivity index (χ0v) is 13.3. The lowest BCUT2D eigenvalue weighted by molar-refractivity contribution is 0.0992. The molecule has 0 aromatic heterocycles. The Morgan fingerprint density at radius 1 is 1.09 bits per heavy atom. The highest BCUT2D eigenvalue weighted by Crippen LogP contribution is 2.19. The molecule has 116 valence electrons. The lowest BCUT2D eigenvalue weighted by Gasteiger charge is -2.18. The van der Waals surface area contributed by atoms with E-state index in [1.165, 1.54) is 29.2 Å². The van der Waals surface area contributed by atoms with Crippen molar-refractivity contribution in [3.8, 4) is 0 Å². The molecule has 2 aromatic carbocycles. The molecule has 0 N–H and O–H groups in total. The Labute approximate surface area is 129 Å². The number of carbonyl (C=O) groups excluding carboxylic acids is 1. The van der Waals surface area contributed by atoms with Crippen molar-refractivity contribution >= 4 is 21.4 Å². The molecule has 6 heteroatoms. The number of anilines is 1. The number of benzene rings is 2. The van der Waals surface area contributed by atoms with E-state index >= 15 is 0 Å². The van der Waals surface area contributed by atoms with Gasteiger partial charge in [0.05, 0.1) is 4.90 Å². The molecule has 2 aromatic rings. The predicted octanol–water partition coefficient (Wildman–Crippen LogP) is 2.81. The first-order valence-corrected chi connectivity index (χ1v) is 8.43. The van der Waals surface area contributed by atoms with Crippen molar-refractivity contribution in [2.24, 2.45) is 0 Å². The molecule has 0 bridgehead atoms. The first-order valence-electron chi connectivity index (χ1n) is 6.54. The monoisotopic (exact) mass is 321 g/mol. The van der Waals surface area contributed by atoms with Crippen molar-refractivity contribution < 1.29 is 17.6 Å². The normalized spacial score (nSPS) is 11.3. The van der Waals surface area contributed by atoms with Crippen LogP contribution in [-0.2, 0) is 9.84 Å². The Morgan fingerprint density at radius 2 is 1.68 bits per heavy atom. The molecule has 0 aliphatic heterocycles. The molecule has 0 aliphatic carbocycles. The minimum Gasteiger partial charge on any atom is -0.311 e. The van der Waals surface area contributed by atoms with Crippen LogP contribution in [0, 0.1) is 12.7 Å². The fourth-order valence-electron chi connectivity index (χ4n) is 2.09. The van der Waals surface area contributed by atoms with Gasteiger partial charge in [0.1, 0.15) is 5.82 Å². The highest BCUT2D eigenvalue weighted by atomic mass is 32.2. The molecule has 0 saturated heterocycles. The molecule has 0 spiro atoms. The molecular formula is C16H16FNO3S. The van der Waals surface area contributed by atoms with Crippen LogP contribution in [0.25, 0.3) is 0 Å². The Kier molecular flexibility index (Phi) is 4.32. The first-order chi connectivity index (χ1) is 10.2. The summed E-state index contributed by atoms with van der Waals surface area (Å²) in [5.74, 6) is -0.834. The summed E-state index contributed by atoms with van der Waals surface area (Å²) in [4.78, 5) is 13.9. The van der Waals surface area contributed by atoms with Crippen LogP contribution in [0.4, 0.5) is 10.1 Å². The molecule has 2 rings (SSSR count). The van der Waals surface area contributed by atoms with Crippen molar-refractivity contribution in [2.45, 2.75) is 11.8 Å². The van der Waals surface area contributed by atoms with Gasteiger partial charge in [0, 0.05) is 24.6 Å². The summed E-state index contributed by atoms with van der Waals surface area (Å²) in [5.41, 5.74) is 1.43. The quantitative estimate of drug-likeness (QED) is 0.873. The summed E-state index contributed by atoms with van der Waals surface area (Å²) < 4.78 is 36.2. The van der Waals surface area contributed by atoms with E-state index < -0.39 is 15.7 Å². The van der Waals surface area contributed by atoms with Crippen molar-refractivity contribution in [3.05, 3.63) is 59.4 Å². The Morgan fingerprint density at radius 3 is 2.18 bits per heavy atom. The van der Waals surface area contributed by atoms with Gasteiger partial charge < -0.3 is 4.90 Å². The van der Waals surface area contributed by atoms with E-state index in [0.717, 1.165) is 6.26 Å². The van der Waals surface area contributed by atoms with Gasteiger partial charge in [-0.2, -0.15) is 0 Å². The van der Waals surface area contributed by atoms with Crippen molar-refractivity contribution in [3.63, 3.8) is 0 Å². The second-order valence-electron chi connectivity index (χ2n) is 5.15. The van der Waals surface area contributed by atoms with Gasteiger partial charge in [-0.05, 0) is 55.0 Å². The number of hydrogen-bond donors (Lipinski definition) is 0. The van der Waals surface area contributed by atoms with E-state index in [4.69, 9.17) is 0 Å². The lowest BCUT2D eigenvalue weighted by atomic mass is 10.1. The number of halogens is 1. The number of aryl methyl sites for hydroxylation is 1. The van der Waals surface area contributed by atoms with Gasteiger partial charge in [-0.15, -0.1) is 0 Å². The second-order valence-corrected chi connectivity index (χ2v) is 7.16. The zero-order valence-electron chi connectivity index (χ0n) is 12.5. The van der Waals surface area contributed by atoms with Gasteiger partial charge in [0.2, 0.25) is 0 Å². The molecule has 0 radical (unpaired) electrons. The average molecular weight is 321 g/mol. The van der Waals surface area contributed by atoms with Crippen LogP contribution in [0.3, 0.4) is 0 Å². The molecule has 0 fully saturated rings. The smallest absolute Gasteiger partial charge is 0.258 e. The van der Waals surface area contributed by atoms with Crippen LogP contribution < -0.4 is 4.90 Å². The minimum atomic E-state index is -3.28. The zero-order chi connectivity index (χ0) is 16.5. The third kappa shape index (κ3) is 3.51. The second kappa shape index (κ2) is 5.88. The fourth-order valence-corrected chi connectivity index (χ4v) is 2.72. The van der Waals surface area contributed by atoms with Gasteiger partial charge in [0.25, 0.3) is 5.91 Å². The maximum atomic E-state index is 13.4. The lowest BCUT2D eigenvalue weighted by Crippen LogP contribution is -2.26. The molecule has 22 heavy (non-hydrogen) atoms. The maximum Gasteiger partial charge on any atom is 0.258 e. The van der Waals surface area contributed by atoms with E-state index in [2.05, 4.69) is 0 Å². The summed E-state index contributed by atoms with van der Waals surface area (Å²) >= 11 is 0. The van der Waals surface area contributed by atoms with Gasteiger partial charge in [0.15, 0.2) is 9.84 Å². The number of carbonyl (C=O) groups is 1. The molecule has 4 nitrogen and oxygen atoms in total. The van der Waals surface area contributed by atoms with Gasteiger partial charge in [-0.25, -0.2) is 12.8 Å². The number of hydrogen-bond acceptors (Lipinski definition) is 3. The van der Waals surface area contributed by atoms with Crippen LogP contribution in [0.2, 0.25) is 0 Å². The van der Waals surface area contributed by atoms with E-state index in [9.17, 15) is 17.6 Å². The Balaban J connectivity index is 2.31. The third-order valence-corrected chi connectivity index (χ3v) is 4.37. The van der Waals surface area contributed by atoms with Crippen molar-refractivity contribution in [1.29, 1.82) is 0 Å². The number of rotatable bonds is 3. The van der Waals surface area contributed by atoms with Crippen LogP contribution in [0.5, 0.6) is 0 Å². The Bertz CT molecular complexity index is 794. The number of nitrogens with zero attached hydrogens (tertiary/aromatic N) is 1. The minimum absolute atomic E-state index is 0.179. The summed E-state index contributed by atoms with van der Waals surface area (Å²) in [7, 11) is -1.73. The SMILES string of the molecule is Cc1cc(F)cc(C(=O)N(C)c2ccc(S(C)(=O)=O)cc2)c1. The van der Waals surface area contributed by atoms with Crippen LogP contribution >= 0.6 is 0 Å². The summed E-state index contributed by atoms with van der Waals surface area (Å²) in [6.07, 6.45) is 1.12. The topological polar surface area (TPSA) is 54.5 Å². The number of sulfone groups is 1. The molecule has 0 aliphatic rings. The molecule has 1 amide bonds. The molecular weight excluding hydrogens is 305 g/mol. The maximum absolute atomic E-state index is 13.4. The summed E-state index contributed by atoms with van der Waals surface area (Å²) in [6.45, 7) is 1.71. The largest absolute Gasteiger partial charge is 0.311 e. The van der Waals surface area contributed by atoms with E-state index in [1.807, 2.05) is 0 Å². The third-order valence-electron chi connectivity index (χ3n) is 3.25. The Hall–Kier alpha value is -2.21. The summed E-state index contributed by atoms with van der Waals surface area (Å²) in [5, 5.41) is 0. The van der Waals surface area contributed by atoms with Gasteiger partial charge >= 0.3 is 0 Å². The van der Waals surface area contributed by atoms with Gasteiger partial charge in [-0.3, -0.25) is 4.79 Å². The predicted molar refractivity (Wildman–Crippen MR) is 83.4 cm³/mol. The highest BCUT2D eigenvalue weighted by molar-refractivity contribution is 7.90. The van der Waals surface area contributed by atoms with Crippen LogP contribution in [-0.4, -0.2) is 27.6 Å². The standard InChI is InChI=1S/C16H16FNO3S/c1-11-8-12(10-13(17)9-11)16(19)18(2)14-4-6-15(7-5-14)22(3,20)21/h4-10H,1-3H3. The summed E-state index contributed by atoms with van der Waals surface area (Å²) in [6, 6.07) is 10.1. The molecule has 0 heterocycles.